The first kappa shape index (κ1) is 15.5. The molecule has 23 heavy (non-hydrogen) atoms. The lowest BCUT2D eigenvalue weighted by atomic mass is 10.0. The number of hydrogen-bond acceptors (Lipinski definition) is 3. The van der Waals surface area contributed by atoms with Crippen LogP contribution in [0.5, 0.6) is 5.75 Å². The van der Waals surface area contributed by atoms with Crippen molar-refractivity contribution in [1.82, 2.24) is 9.88 Å². The Bertz CT molecular complexity index is 816. The molecule has 0 saturated heterocycles. The zero-order chi connectivity index (χ0) is 16.4. The highest BCUT2D eigenvalue weighted by molar-refractivity contribution is 5.82. The van der Waals surface area contributed by atoms with E-state index in [1.807, 2.05) is 16.8 Å². The third-order valence-electron chi connectivity index (χ3n) is 3.97. The standard InChI is InChI=1S/C18H19FN2O2/c1-20-11-17(23)18(13-3-2-4-14(19)9-13)21-8-7-12-10-15(22)5-6-16(12)21/h2-10,17-18,20,22-23H,11H2,1H3/t17-,18+/m1/s1. The SMILES string of the molecule is CNC[C@@H](O)[C@H](c1cccc(F)c1)n1ccc2cc(O)ccc21. The molecule has 1 heterocycles. The predicted octanol–water partition coefficient (Wildman–Crippen LogP) is 2.66. The molecule has 0 bridgehead atoms. The van der Waals surface area contributed by atoms with E-state index >= 15 is 0 Å². The molecule has 2 atom stereocenters. The van der Waals surface area contributed by atoms with E-state index in [9.17, 15) is 14.6 Å². The van der Waals surface area contributed by atoms with E-state index in [-0.39, 0.29) is 11.6 Å². The Kier molecular flexibility index (Phi) is 4.32. The van der Waals surface area contributed by atoms with E-state index in [2.05, 4.69) is 5.32 Å². The van der Waals surface area contributed by atoms with Crippen LogP contribution in [0.4, 0.5) is 4.39 Å². The fraction of sp³-hybridized carbons (Fsp3) is 0.222. The molecule has 0 aliphatic rings. The van der Waals surface area contributed by atoms with Crippen LogP contribution in [0, 0.1) is 5.82 Å². The first-order chi connectivity index (χ1) is 11.1. The number of hydrogen-bond donors (Lipinski definition) is 3. The van der Waals surface area contributed by atoms with Gasteiger partial charge < -0.3 is 20.1 Å². The van der Waals surface area contributed by atoms with Crippen LogP contribution in [0.15, 0.2) is 54.7 Å². The fourth-order valence-electron chi connectivity index (χ4n) is 2.97. The summed E-state index contributed by atoms with van der Waals surface area (Å²) in [6.07, 6.45) is 1.12. The number of nitrogens with one attached hydrogen (secondary N) is 1. The minimum atomic E-state index is -0.730. The molecule has 2 aromatic carbocycles. The number of benzene rings is 2. The maximum Gasteiger partial charge on any atom is 0.123 e. The second-order valence-corrected chi connectivity index (χ2v) is 5.59. The number of aromatic nitrogens is 1. The van der Waals surface area contributed by atoms with Crippen LogP contribution in [0.1, 0.15) is 11.6 Å². The van der Waals surface area contributed by atoms with Crippen molar-refractivity contribution in [3.8, 4) is 5.75 Å². The molecule has 120 valence electrons. The number of phenolic OH excluding ortho intramolecular Hbond substituents is 1. The topological polar surface area (TPSA) is 57.4 Å². The van der Waals surface area contributed by atoms with Gasteiger partial charge in [0.05, 0.1) is 12.1 Å². The third kappa shape index (κ3) is 3.06. The molecule has 0 fully saturated rings. The number of phenols is 1. The van der Waals surface area contributed by atoms with Gasteiger partial charge in [-0.05, 0) is 49.0 Å². The largest absolute Gasteiger partial charge is 0.508 e. The Balaban J connectivity index is 2.13. The van der Waals surface area contributed by atoms with E-state index in [1.54, 1.807) is 37.4 Å². The lowest BCUT2D eigenvalue weighted by molar-refractivity contribution is 0.132. The first-order valence-electron chi connectivity index (χ1n) is 7.48. The molecule has 0 aliphatic heterocycles. The number of halogens is 1. The lowest BCUT2D eigenvalue weighted by Gasteiger charge is -2.26. The highest BCUT2D eigenvalue weighted by atomic mass is 19.1. The quantitative estimate of drug-likeness (QED) is 0.678. The molecule has 5 heteroatoms. The Hall–Kier alpha value is -2.37. The van der Waals surface area contributed by atoms with Crippen LogP contribution in [0.25, 0.3) is 10.9 Å². The highest BCUT2D eigenvalue weighted by Gasteiger charge is 2.24. The number of fused-ring (bicyclic) bond motifs is 1. The first-order valence-corrected chi connectivity index (χ1v) is 7.48. The molecular weight excluding hydrogens is 295 g/mol. The van der Waals surface area contributed by atoms with Gasteiger partial charge >= 0.3 is 0 Å². The molecular formula is C18H19FN2O2. The monoisotopic (exact) mass is 314 g/mol. The van der Waals surface area contributed by atoms with Gasteiger partial charge in [0, 0.05) is 23.6 Å². The average molecular weight is 314 g/mol. The van der Waals surface area contributed by atoms with Crippen molar-refractivity contribution in [1.29, 1.82) is 0 Å². The minimum absolute atomic E-state index is 0.188. The van der Waals surface area contributed by atoms with Gasteiger partial charge in [-0.2, -0.15) is 0 Å². The molecule has 3 aromatic rings. The molecule has 0 radical (unpaired) electrons. The maximum atomic E-state index is 13.6. The van der Waals surface area contributed by atoms with Gasteiger partial charge in [-0.25, -0.2) is 4.39 Å². The molecule has 0 aliphatic carbocycles. The van der Waals surface area contributed by atoms with Crippen molar-refractivity contribution >= 4 is 10.9 Å². The van der Waals surface area contributed by atoms with Crippen LogP contribution < -0.4 is 5.32 Å². The lowest BCUT2D eigenvalue weighted by Crippen LogP contribution is -2.33. The van der Waals surface area contributed by atoms with Crippen molar-refractivity contribution in [3.63, 3.8) is 0 Å². The van der Waals surface area contributed by atoms with Crippen LogP contribution in [0.3, 0.4) is 0 Å². The summed E-state index contributed by atoms with van der Waals surface area (Å²) in [6, 6.07) is 12.8. The van der Waals surface area contributed by atoms with Crippen molar-refractivity contribution in [2.45, 2.75) is 12.1 Å². The van der Waals surface area contributed by atoms with E-state index in [0.29, 0.717) is 12.1 Å². The van der Waals surface area contributed by atoms with E-state index < -0.39 is 12.1 Å². The number of aliphatic hydroxyl groups is 1. The summed E-state index contributed by atoms with van der Waals surface area (Å²) in [4.78, 5) is 0. The molecule has 3 N–H and O–H groups in total. The molecule has 0 spiro atoms. The summed E-state index contributed by atoms with van der Waals surface area (Å²) in [5.41, 5.74) is 1.56. The van der Waals surface area contributed by atoms with Gasteiger partial charge in [-0.3, -0.25) is 0 Å². The molecule has 0 saturated carbocycles. The summed E-state index contributed by atoms with van der Waals surface area (Å²) < 4.78 is 15.6. The highest BCUT2D eigenvalue weighted by Crippen LogP contribution is 2.29. The fourth-order valence-corrected chi connectivity index (χ4v) is 2.97. The van der Waals surface area contributed by atoms with Gasteiger partial charge in [0.2, 0.25) is 0 Å². The van der Waals surface area contributed by atoms with Gasteiger partial charge in [0.25, 0.3) is 0 Å². The van der Waals surface area contributed by atoms with Crippen molar-refractivity contribution in [2.75, 3.05) is 13.6 Å². The van der Waals surface area contributed by atoms with Crippen LogP contribution in [0.2, 0.25) is 0 Å². The van der Waals surface area contributed by atoms with E-state index in [4.69, 9.17) is 0 Å². The van der Waals surface area contributed by atoms with Crippen molar-refractivity contribution < 1.29 is 14.6 Å². The Labute approximate surface area is 133 Å². The zero-order valence-corrected chi connectivity index (χ0v) is 12.8. The van der Waals surface area contributed by atoms with Crippen LogP contribution in [-0.4, -0.2) is 34.5 Å². The summed E-state index contributed by atoms with van der Waals surface area (Å²) in [5, 5.41) is 24.0. The number of aromatic hydroxyl groups is 1. The van der Waals surface area contributed by atoms with Gasteiger partial charge in [-0.15, -0.1) is 0 Å². The van der Waals surface area contributed by atoms with Gasteiger partial charge in [0.1, 0.15) is 11.6 Å². The normalized spacial score (nSPS) is 14.0. The summed E-state index contributed by atoms with van der Waals surface area (Å²) in [6.45, 7) is 0.374. The number of nitrogens with zero attached hydrogens (tertiary/aromatic N) is 1. The second-order valence-electron chi connectivity index (χ2n) is 5.59. The molecule has 4 nitrogen and oxygen atoms in total. The number of likely N-dealkylation sites (N-methyl/N-ethyl adjacent to an activating group) is 1. The van der Waals surface area contributed by atoms with Crippen LogP contribution in [-0.2, 0) is 0 Å². The van der Waals surface area contributed by atoms with Crippen molar-refractivity contribution in [2.24, 2.45) is 0 Å². The predicted molar refractivity (Wildman–Crippen MR) is 88.1 cm³/mol. The maximum absolute atomic E-state index is 13.6. The van der Waals surface area contributed by atoms with Gasteiger partial charge in [-0.1, -0.05) is 12.1 Å². The molecule has 3 rings (SSSR count). The summed E-state index contributed by atoms with van der Waals surface area (Å²) in [5.74, 6) is -0.147. The van der Waals surface area contributed by atoms with Crippen LogP contribution >= 0.6 is 0 Å². The second kappa shape index (κ2) is 6.40. The van der Waals surface area contributed by atoms with Gasteiger partial charge in [0.15, 0.2) is 0 Å². The summed E-state index contributed by atoms with van der Waals surface area (Å²) >= 11 is 0. The molecule has 0 amide bonds. The number of rotatable bonds is 5. The average Bonchev–Trinajstić information content (AvgIpc) is 2.91. The summed E-state index contributed by atoms with van der Waals surface area (Å²) in [7, 11) is 1.76. The Morgan fingerprint density at radius 3 is 2.74 bits per heavy atom. The molecule has 0 unspecified atom stereocenters. The Morgan fingerprint density at radius 2 is 2.00 bits per heavy atom. The minimum Gasteiger partial charge on any atom is -0.508 e. The van der Waals surface area contributed by atoms with E-state index in [1.165, 1.54) is 12.1 Å². The zero-order valence-electron chi connectivity index (χ0n) is 12.8. The number of aliphatic hydroxyl groups excluding tert-OH is 1. The Morgan fingerprint density at radius 1 is 1.17 bits per heavy atom. The van der Waals surface area contributed by atoms with E-state index in [0.717, 1.165) is 10.9 Å². The smallest absolute Gasteiger partial charge is 0.123 e. The third-order valence-corrected chi connectivity index (χ3v) is 3.97. The molecule has 1 aromatic heterocycles. The van der Waals surface area contributed by atoms with Crippen molar-refractivity contribution in [3.05, 3.63) is 66.1 Å².